The van der Waals surface area contributed by atoms with Crippen LogP contribution >= 0.6 is 11.6 Å². The van der Waals surface area contributed by atoms with E-state index in [1.165, 1.54) is 16.4 Å². The first-order valence-electron chi connectivity index (χ1n) is 11.2. The van der Waals surface area contributed by atoms with E-state index in [0.29, 0.717) is 21.7 Å². The quantitative estimate of drug-likeness (QED) is 0.591. The number of rotatable bonds is 5. The first kappa shape index (κ1) is 23.0. The van der Waals surface area contributed by atoms with Gasteiger partial charge in [-0.2, -0.15) is 0 Å². The molecule has 0 spiro atoms. The number of anilines is 2. The molecule has 0 bridgehead atoms. The molecule has 172 valence electrons. The van der Waals surface area contributed by atoms with E-state index in [9.17, 15) is 14.4 Å². The summed E-state index contributed by atoms with van der Waals surface area (Å²) < 4.78 is 1.39. The summed E-state index contributed by atoms with van der Waals surface area (Å²) in [7, 11) is 0. The third-order valence-corrected chi connectivity index (χ3v) is 6.51. The van der Waals surface area contributed by atoms with Gasteiger partial charge in [-0.25, -0.2) is 4.98 Å². The Morgan fingerprint density at radius 3 is 2.58 bits per heavy atom. The summed E-state index contributed by atoms with van der Waals surface area (Å²) >= 11 is 6.17. The molecule has 2 aromatic carbocycles. The number of fused-ring (bicyclic) bond motifs is 1. The Hall–Kier alpha value is -3.19. The van der Waals surface area contributed by atoms with Crippen LogP contribution in [0.2, 0.25) is 5.02 Å². The van der Waals surface area contributed by atoms with Gasteiger partial charge < -0.3 is 5.32 Å². The van der Waals surface area contributed by atoms with Crippen LogP contribution in [0.4, 0.5) is 11.5 Å². The van der Waals surface area contributed by atoms with Crippen LogP contribution < -0.4 is 15.8 Å². The van der Waals surface area contributed by atoms with Crippen molar-refractivity contribution in [2.75, 3.05) is 10.2 Å². The predicted molar refractivity (Wildman–Crippen MR) is 131 cm³/mol. The first-order chi connectivity index (χ1) is 15.8. The Morgan fingerprint density at radius 2 is 1.88 bits per heavy atom. The van der Waals surface area contributed by atoms with E-state index in [1.54, 1.807) is 30.3 Å². The van der Waals surface area contributed by atoms with Crippen molar-refractivity contribution < 1.29 is 9.59 Å². The zero-order valence-electron chi connectivity index (χ0n) is 18.8. The average Bonchev–Trinajstić information content (AvgIpc) is 2.79. The predicted octanol–water partition coefficient (Wildman–Crippen LogP) is 4.68. The summed E-state index contributed by atoms with van der Waals surface area (Å²) in [6.45, 7) is 3.13. The fourth-order valence-electron chi connectivity index (χ4n) is 4.43. The van der Waals surface area contributed by atoms with Crippen LogP contribution in [0.25, 0.3) is 11.0 Å². The van der Waals surface area contributed by atoms with Crippen molar-refractivity contribution >= 4 is 46.0 Å². The maximum Gasteiger partial charge on any atom is 0.294 e. The van der Waals surface area contributed by atoms with E-state index < -0.39 is 5.56 Å². The highest BCUT2D eigenvalue weighted by molar-refractivity contribution is 6.31. The van der Waals surface area contributed by atoms with Crippen LogP contribution in [0.3, 0.4) is 0 Å². The summed E-state index contributed by atoms with van der Waals surface area (Å²) in [5.41, 5.74) is 2.10. The second-order valence-electron chi connectivity index (χ2n) is 8.51. The van der Waals surface area contributed by atoms with Gasteiger partial charge in [0.2, 0.25) is 17.6 Å². The summed E-state index contributed by atoms with van der Waals surface area (Å²) in [6, 6.07) is 12.3. The molecule has 0 radical (unpaired) electrons. The first-order valence-corrected chi connectivity index (χ1v) is 11.6. The zero-order chi connectivity index (χ0) is 23.5. The van der Waals surface area contributed by atoms with Crippen molar-refractivity contribution in [2.24, 2.45) is 0 Å². The molecule has 1 fully saturated rings. The molecular weight excluding hydrogens is 440 g/mol. The molecule has 0 saturated heterocycles. The Balaban J connectivity index is 1.73. The third kappa shape index (κ3) is 4.93. The van der Waals surface area contributed by atoms with Gasteiger partial charge in [0.15, 0.2) is 0 Å². The van der Waals surface area contributed by atoms with Crippen LogP contribution in [-0.4, -0.2) is 27.4 Å². The van der Waals surface area contributed by atoms with Gasteiger partial charge in [-0.1, -0.05) is 49.1 Å². The van der Waals surface area contributed by atoms with Crippen molar-refractivity contribution in [3.8, 4) is 0 Å². The van der Waals surface area contributed by atoms with Crippen LogP contribution in [0, 0.1) is 6.92 Å². The molecule has 1 aliphatic rings. The number of nitrogens with one attached hydrogen (secondary N) is 1. The molecule has 1 N–H and O–H groups in total. The second-order valence-corrected chi connectivity index (χ2v) is 8.92. The fraction of sp³-hybridized carbons (Fsp3) is 0.360. The highest BCUT2D eigenvalue weighted by Gasteiger charge is 2.29. The number of nitrogens with zero attached hydrogens (tertiary/aromatic N) is 3. The van der Waals surface area contributed by atoms with Gasteiger partial charge in [-0.15, -0.1) is 0 Å². The minimum absolute atomic E-state index is 0.0606. The Bertz CT molecular complexity index is 1260. The number of aromatic nitrogens is 2. The van der Waals surface area contributed by atoms with E-state index in [1.807, 2.05) is 19.1 Å². The van der Waals surface area contributed by atoms with Gasteiger partial charge >= 0.3 is 0 Å². The molecule has 1 aromatic heterocycles. The van der Waals surface area contributed by atoms with Crippen LogP contribution in [-0.2, 0) is 16.1 Å². The monoisotopic (exact) mass is 466 g/mol. The van der Waals surface area contributed by atoms with E-state index in [2.05, 4.69) is 10.3 Å². The van der Waals surface area contributed by atoms with Crippen LogP contribution in [0.5, 0.6) is 0 Å². The largest absolute Gasteiger partial charge is 0.324 e. The number of hydrogen-bond acceptors (Lipinski definition) is 4. The van der Waals surface area contributed by atoms with Gasteiger partial charge in [-0.3, -0.25) is 23.9 Å². The molecule has 1 aliphatic carbocycles. The lowest BCUT2D eigenvalue weighted by atomic mass is 9.94. The number of benzene rings is 2. The summed E-state index contributed by atoms with van der Waals surface area (Å²) in [4.78, 5) is 45.1. The minimum Gasteiger partial charge on any atom is -0.324 e. The lowest BCUT2D eigenvalue weighted by molar-refractivity contribution is -0.117. The average molecular weight is 467 g/mol. The van der Waals surface area contributed by atoms with Gasteiger partial charge in [0.05, 0.1) is 11.0 Å². The molecule has 0 atom stereocenters. The van der Waals surface area contributed by atoms with Crippen molar-refractivity contribution in [3.05, 3.63) is 63.4 Å². The SMILES string of the molecule is CC(=O)N(c1nc2ccccc2n(CC(=O)Nc2ccc(C)c(Cl)c2)c1=O)C1CCCCC1. The Kier molecular flexibility index (Phi) is 6.79. The molecule has 0 aliphatic heterocycles. The van der Waals surface area contributed by atoms with Gasteiger partial charge in [-0.05, 0) is 49.6 Å². The number of para-hydroxylation sites is 2. The molecule has 2 amide bonds. The summed E-state index contributed by atoms with van der Waals surface area (Å²) in [5.74, 6) is -0.502. The molecular formula is C25H27ClN4O3. The van der Waals surface area contributed by atoms with E-state index in [4.69, 9.17) is 11.6 Å². The van der Waals surface area contributed by atoms with Crippen molar-refractivity contribution in [2.45, 2.75) is 58.5 Å². The molecule has 7 nitrogen and oxygen atoms in total. The second kappa shape index (κ2) is 9.75. The molecule has 8 heteroatoms. The topological polar surface area (TPSA) is 84.3 Å². The van der Waals surface area contributed by atoms with E-state index in [0.717, 1.165) is 37.7 Å². The van der Waals surface area contributed by atoms with Crippen LogP contribution in [0.15, 0.2) is 47.3 Å². The normalized spacial score (nSPS) is 14.3. The van der Waals surface area contributed by atoms with Gasteiger partial charge in [0, 0.05) is 23.7 Å². The number of halogens is 1. The standard InChI is InChI=1S/C25H27ClN4O3/c1-16-12-13-18(14-20(16)26)27-23(32)15-29-22-11-7-6-10-21(22)28-24(25(29)33)30(17(2)31)19-8-4-3-5-9-19/h6-7,10-14,19H,3-5,8-9,15H2,1-2H3,(H,27,32). The highest BCUT2D eigenvalue weighted by atomic mass is 35.5. The number of hydrogen-bond donors (Lipinski definition) is 1. The van der Waals surface area contributed by atoms with Crippen molar-refractivity contribution in [3.63, 3.8) is 0 Å². The van der Waals surface area contributed by atoms with Gasteiger partial charge in [0.1, 0.15) is 6.54 Å². The Labute approximate surface area is 197 Å². The highest BCUT2D eigenvalue weighted by Crippen LogP contribution is 2.26. The molecule has 3 aromatic rings. The number of carbonyl (C=O) groups excluding carboxylic acids is 2. The fourth-order valence-corrected chi connectivity index (χ4v) is 4.61. The molecule has 33 heavy (non-hydrogen) atoms. The molecule has 1 heterocycles. The molecule has 0 unspecified atom stereocenters. The lowest BCUT2D eigenvalue weighted by Crippen LogP contribution is -2.45. The summed E-state index contributed by atoms with van der Waals surface area (Å²) in [6.07, 6.45) is 4.82. The molecule has 4 rings (SSSR count). The molecule has 1 saturated carbocycles. The summed E-state index contributed by atoms with van der Waals surface area (Å²) in [5, 5.41) is 3.35. The minimum atomic E-state index is -0.452. The maximum atomic E-state index is 13.6. The van der Waals surface area contributed by atoms with E-state index in [-0.39, 0.29) is 30.2 Å². The number of aryl methyl sites for hydroxylation is 1. The van der Waals surface area contributed by atoms with Crippen LogP contribution in [0.1, 0.15) is 44.6 Å². The smallest absolute Gasteiger partial charge is 0.294 e. The van der Waals surface area contributed by atoms with E-state index >= 15 is 0 Å². The lowest BCUT2D eigenvalue weighted by Gasteiger charge is -2.32. The zero-order valence-corrected chi connectivity index (χ0v) is 19.6. The number of carbonyl (C=O) groups is 2. The number of amides is 2. The van der Waals surface area contributed by atoms with Gasteiger partial charge in [0.25, 0.3) is 5.56 Å². The van der Waals surface area contributed by atoms with Crippen molar-refractivity contribution in [1.82, 2.24) is 9.55 Å². The third-order valence-electron chi connectivity index (χ3n) is 6.10. The van der Waals surface area contributed by atoms with Crippen molar-refractivity contribution in [1.29, 1.82) is 0 Å². The maximum absolute atomic E-state index is 13.6. The Morgan fingerprint density at radius 1 is 1.15 bits per heavy atom.